The van der Waals surface area contributed by atoms with E-state index in [1.54, 1.807) is 12.2 Å². The van der Waals surface area contributed by atoms with E-state index in [0.29, 0.717) is 18.4 Å². The molecule has 7 heteroatoms. The van der Waals surface area contributed by atoms with E-state index in [0.717, 1.165) is 11.9 Å². The Morgan fingerprint density at radius 2 is 2.10 bits per heavy atom. The van der Waals surface area contributed by atoms with Crippen LogP contribution in [-0.2, 0) is 33.4 Å². The first-order valence-corrected chi connectivity index (χ1v) is 9.77. The summed E-state index contributed by atoms with van der Waals surface area (Å²) < 4.78 is 16.2. The molecule has 0 amide bonds. The highest BCUT2D eigenvalue weighted by Crippen LogP contribution is 2.36. The van der Waals surface area contributed by atoms with Gasteiger partial charge in [-0.2, -0.15) is 0 Å². The molecule has 1 aliphatic heterocycles. The van der Waals surface area contributed by atoms with Crippen LogP contribution in [-0.4, -0.2) is 43.0 Å². The van der Waals surface area contributed by atoms with Crippen LogP contribution < -0.4 is 0 Å². The fourth-order valence-corrected chi connectivity index (χ4v) is 3.46. The van der Waals surface area contributed by atoms with Crippen molar-refractivity contribution in [3.05, 3.63) is 35.5 Å². The third-order valence-corrected chi connectivity index (χ3v) is 4.84. The van der Waals surface area contributed by atoms with Crippen LogP contribution >= 0.6 is 0 Å². The minimum Gasteiger partial charge on any atom is -0.461 e. The molecule has 2 aliphatic rings. The molecule has 2 rings (SSSR count). The molecule has 0 spiro atoms. The maximum atomic E-state index is 12.3. The Kier molecular flexibility index (Phi) is 7.93. The van der Waals surface area contributed by atoms with Crippen LogP contribution in [0.3, 0.4) is 0 Å². The average molecular weight is 404 g/mol. The molecular weight excluding hydrogens is 376 g/mol. The maximum absolute atomic E-state index is 12.3. The van der Waals surface area contributed by atoms with Crippen LogP contribution in [0.15, 0.2) is 35.5 Å². The van der Waals surface area contributed by atoms with Crippen LogP contribution in [0.4, 0.5) is 0 Å². The first kappa shape index (κ1) is 22.6. The van der Waals surface area contributed by atoms with E-state index in [1.165, 1.54) is 6.92 Å². The van der Waals surface area contributed by atoms with Crippen molar-refractivity contribution in [2.45, 2.75) is 58.7 Å². The third kappa shape index (κ3) is 6.41. The second kappa shape index (κ2) is 10.2. The number of rotatable bonds is 6. The zero-order valence-electron chi connectivity index (χ0n) is 17.1. The largest absolute Gasteiger partial charge is 0.461 e. The quantitative estimate of drug-likeness (QED) is 0.221. The molecule has 29 heavy (non-hydrogen) atoms. The van der Waals surface area contributed by atoms with E-state index in [9.17, 15) is 19.2 Å². The zero-order chi connectivity index (χ0) is 21.6. The van der Waals surface area contributed by atoms with Gasteiger partial charge in [0.15, 0.2) is 0 Å². The lowest BCUT2D eigenvalue weighted by atomic mass is 9.85. The van der Waals surface area contributed by atoms with Crippen LogP contribution in [0.2, 0.25) is 0 Å². The van der Waals surface area contributed by atoms with Crippen molar-refractivity contribution < 1.29 is 33.4 Å². The molecule has 0 aromatic rings. The number of fused-ring (bicyclic) bond motifs is 1. The molecule has 0 aromatic carbocycles. The van der Waals surface area contributed by atoms with Crippen molar-refractivity contribution in [1.82, 2.24) is 0 Å². The molecule has 0 N–H and O–H groups in total. The first-order valence-electron chi connectivity index (χ1n) is 9.77. The van der Waals surface area contributed by atoms with Gasteiger partial charge >= 0.3 is 17.9 Å². The van der Waals surface area contributed by atoms with Crippen molar-refractivity contribution in [3.63, 3.8) is 0 Å². The van der Waals surface area contributed by atoms with Gasteiger partial charge < -0.3 is 14.2 Å². The molecule has 0 radical (unpaired) electrons. The van der Waals surface area contributed by atoms with Gasteiger partial charge in [-0.3, -0.25) is 14.4 Å². The second-order valence-corrected chi connectivity index (χ2v) is 7.79. The summed E-state index contributed by atoms with van der Waals surface area (Å²) in [6.45, 7) is 9.01. The summed E-state index contributed by atoms with van der Waals surface area (Å²) >= 11 is 0. The number of esters is 3. The minimum atomic E-state index is -0.758. The van der Waals surface area contributed by atoms with Crippen molar-refractivity contribution >= 4 is 24.2 Å². The molecule has 0 bridgehead atoms. The predicted octanol–water partition coefficient (Wildman–Crippen LogP) is 2.84. The van der Waals surface area contributed by atoms with Crippen molar-refractivity contribution in [3.8, 4) is 0 Å². The molecule has 0 unspecified atom stereocenters. The molecule has 0 saturated carbocycles. The average Bonchev–Trinajstić information content (AvgIpc) is 2.90. The van der Waals surface area contributed by atoms with E-state index in [1.807, 2.05) is 13.8 Å². The highest BCUT2D eigenvalue weighted by atomic mass is 16.6. The molecular formula is C22H28O7. The van der Waals surface area contributed by atoms with E-state index in [4.69, 9.17) is 14.2 Å². The number of carbonyl (C=O) groups excluding carboxylic acids is 4. The van der Waals surface area contributed by atoms with Crippen LogP contribution in [0.25, 0.3) is 0 Å². The van der Waals surface area contributed by atoms with Crippen molar-refractivity contribution in [1.29, 1.82) is 0 Å². The summed E-state index contributed by atoms with van der Waals surface area (Å²) in [6, 6.07) is 0. The van der Waals surface area contributed by atoms with Crippen LogP contribution in [0.5, 0.6) is 0 Å². The number of aldehydes is 1. The summed E-state index contributed by atoms with van der Waals surface area (Å²) in [6.07, 6.45) is 4.27. The third-order valence-electron chi connectivity index (χ3n) is 4.84. The van der Waals surface area contributed by atoms with Gasteiger partial charge in [0, 0.05) is 25.3 Å². The first-order chi connectivity index (χ1) is 13.7. The molecule has 1 aliphatic carbocycles. The maximum Gasteiger partial charge on any atom is 0.334 e. The minimum absolute atomic E-state index is 0.0602. The Bertz CT molecular complexity index is 744. The monoisotopic (exact) mass is 404 g/mol. The number of hydrogen-bond acceptors (Lipinski definition) is 7. The highest BCUT2D eigenvalue weighted by molar-refractivity contribution is 5.91. The van der Waals surface area contributed by atoms with E-state index >= 15 is 0 Å². The van der Waals surface area contributed by atoms with Gasteiger partial charge in [0.25, 0.3) is 0 Å². The highest BCUT2D eigenvalue weighted by Gasteiger charge is 2.44. The Hall–Kier alpha value is -2.70. The smallest absolute Gasteiger partial charge is 0.334 e. The molecule has 1 heterocycles. The van der Waals surface area contributed by atoms with Crippen molar-refractivity contribution in [2.75, 3.05) is 6.61 Å². The standard InChI is InChI=1S/C22H28O7/c1-13(2)8-20(25)28-18-9-16(11-23)6-5-7-17(12-27-15(4)24)10-19-21(18)14(3)22(26)29-19/h6,10-11,13,18-19,21H,3,5,7-9,12H2,1-2,4H3/b16-6-,17-10-/t18-,19-,21+/m0/s1. The number of carbonyl (C=O) groups is 4. The second-order valence-electron chi connectivity index (χ2n) is 7.79. The molecule has 1 fully saturated rings. The molecule has 0 aromatic heterocycles. The number of ether oxygens (including phenoxy) is 3. The molecule has 1 saturated heterocycles. The zero-order valence-corrected chi connectivity index (χ0v) is 17.1. The topological polar surface area (TPSA) is 96.0 Å². The molecule has 158 valence electrons. The predicted molar refractivity (Wildman–Crippen MR) is 105 cm³/mol. The number of hydrogen-bond donors (Lipinski definition) is 0. The van der Waals surface area contributed by atoms with Crippen LogP contribution in [0, 0.1) is 11.8 Å². The van der Waals surface area contributed by atoms with E-state index in [-0.39, 0.29) is 30.9 Å². The summed E-state index contributed by atoms with van der Waals surface area (Å²) in [5.74, 6) is -1.89. The van der Waals surface area contributed by atoms with Gasteiger partial charge in [-0.05, 0) is 36.0 Å². The summed E-state index contributed by atoms with van der Waals surface area (Å²) in [4.78, 5) is 47.3. The van der Waals surface area contributed by atoms with E-state index in [2.05, 4.69) is 6.58 Å². The number of allylic oxidation sites excluding steroid dienone is 1. The lowest BCUT2D eigenvalue weighted by molar-refractivity contribution is -0.153. The van der Waals surface area contributed by atoms with Crippen LogP contribution in [0.1, 0.15) is 46.5 Å². The van der Waals surface area contributed by atoms with Crippen molar-refractivity contribution in [2.24, 2.45) is 11.8 Å². The van der Waals surface area contributed by atoms with Gasteiger partial charge in [0.1, 0.15) is 25.1 Å². The SMILES string of the molecule is C=C1C(=O)O[C@H]2/C=C(\COC(C)=O)CC/C=C(\C=O)C[C@H](OC(=O)CC(C)C)[C@@H]12. The van der Waals surface area contributed by atoms with Gasteiger partial charge in [0.05, 0.1) is 5.92 Å². The van der Waals surface area contributed by atoms with Gasteiger partial charge in [-0.15, -0.1) is 0 Å². The Labute approximate surface area is 170 Å². The molecule has 3 atom stereocenters. The lowest BCUT2D eigenvalue weighted by Gasteiger charge is -2.27. The normalized spacial score (nSPS) is 28.3. The fraction of sp³-hybridized carbons (Fsp3) is 0.545. The summed E-state index contributed by atoms with van der Waals surface area (Å²) in [7, 11) is 0. The van der Waals surface area contributed by atoms with Gasteiger partial charge in [0.2, 0.25) is 0 Å². The summed E-state index contributed by atoms with van der Waals surface area (Å²) in [5.41, 5.74) is 1.44. The fourth-order valence-electron chi connectivity index (χ4n) is 3.46. The van der Waals surface area contributed by atoms with Gasteiger partial charge in [-0.1, -0.05) is 26.5 Å². The van der Waals surface area contributed by atoms with E-state index < -0.39 is 36.0 Å². The van der Waals surface area contributed by atoms with Gasteiger partial charge in [-0.25, -0.2) is 4.79 Å². The Morgan fingerprint density at radius 1 is 1.38 bits per heavy atom. The lowest BCUT2D eigenvalue weighted by Crippen LogP contribution is -2.34. The summed E-state index contributed by atoms with van der Waals surface area (Å²) in [5, 5.41) is 0. The Balaban J connectivity index is 2.38. The molecule has 7 nitrogen and oxygen atoms in total. The Morgan fingerprint density at radius 3 is 2.72 bits per heavy atom.